The third-order valence-corrected chi connectivity index (χ3v) is 3.28. The van der Waals surface area contributed by atoms with Gasteiger partial charge in [-0.05, 0) is 30.2 Å². The highest BCUT2D eigenvalue weighted by atomic mass is 16.2. The van der Waals surface area contributed by atoms with Crippen LogP contribution in [0.4, 0.5) is 11.4 Å². The van der Waals surface area contributed by atoms with Crippen molar-refractivity contribution in [2.45, 2.75) is 6.42 Å². The molecule has 1 amide bonds. The number of hydrogen-bond acceptors (Lipinski definition) is 3. The molecule has 0 aliphatic carbocycles. The van der Waals surface area contributed by atoms with Crippen LogP contribution in [0.15, 0.2) is 48.5 Å². The van der Waals surface area contributed by atoms with E-state index >= 15 is 0 Å². The molecule has 0 bridgehead atoms. The molecule has 110 valence electrons. The molecular formula is C17H21N3O. The number of amides is 1. The van der Waals surface area contributed by atoms with Crippen LogP contribution < -0.4 is 11.1 Å². The predicted octanol–water partition coefficient (Wildman–Crippen LogP) is 2.63. The van der Waals surface area contributed by atoms with Gasteiger partial charge in [0.2, 0.25) is 0 Å². The van der Waals surface area contributed by atoms with Crippen LogP contribution in [0, 0.1) is 0 Å². The standard InChI is InChI=1S/C17H21N3O/c1-20(2)17(21)14-8-9-16(15(18)12-14)19-11-10-13-6-4-3-5-7-13/h3-9,12,19H,10-11,18H2,1-2H3. The first-order chi connectivity index (χ1) is 10.1. The van der Waals surface area contributed by atoms with Gasteiger partial charge in [-0.1, -0.05) is 30.3 Å². The van der Waals surface area contributed by atoms with Gasteiger partial charge in [0.15, 0.2) is 0 Å². The molecule has 0 unspecified atom stereocenters. The number of nitrogens with two attached hydrogens (primary N) is 1. The van der Waals surface area contributed by atoms with E-state index in [2.05, 4.69) is 17.4 Å². The van der Waals surface area contributed by atoms with Crippen molar-refractivity contribution in [2.24, 2.45) is 0 Å². The molecule has 0 saturated heterocycles. The van der Waals surface area contributed by atoms with E-state index in [4.69, 9.17) is 5.73 Å². The van der Waals surface area contributed by atoms with E-state index in [1.54, 1.807) is 26.2 Å². The summed E-state index contributed by atoms with van der Waals surface area (Å²) >= 11 is 0. The van der Waals surface area contributed by atoms with E-state index in [9.17, 15) is 4.79 Å². The average molecular weight is 283 g/mol. The molecule has 0 atom stereocenters. The minimum Gasteiger partial charge on any atom is -0.397 e. The van der Waals surface area contributed by atoms with Crippen LogP contribution in [-0.2, 0) is 6.42 Å². The minimum atomic E-state index is -0.0439. The number of benzene rings is 2. The Morgan fingerprint density at radius 2 is 1.86 bits per heavy atom. The topological polar surface area (TPSA) is 58.4 Å². The lowest BCUT2D eigenvalue weighted by atomic mass is 10.1. The summed E-state index contributed by atoms with van der Waals surface area (Å²) < 4.78 is 0. The van der Waals surface area contributed by atoms with Gasteiger partial charge in [0.1, 0.15) is 0 Å². The Kier molecular flexibility index (Phi) is 4.82. The fraction of sp³-hybridized carbons (Fsp3) is 0.235. The van der Waals surface area contributed by atoms with Gasteiger partial charge < -0.3 is 16.0 Å². The van der Waals surface area contributed by atoms with Crippen molar-refractivity contribution in [3.63, 3.8) is 0 Å². The molecule has 0 aliphatic rings. The second-order valence-corrected chi connectivity index (χ2v) is 5.16. The Morgan fingerprint density at radius 1 is 1.14 bits per heavy atom. The predicted molar refractivity (Wildman–Crippen MR) is 87.5 cm³/mol. The zero-order valence-electron chi connectivity index (χ0n) is 12.5. The maximum Gasteiger partial charge on any atom is 0.253 e. The molecule has 0 saturated carbocycles. The fourth-order valence-electron chi connectivity index (χ4n) is 2.10. The zero-order valence-corrected chi connectivity index (χ0v) is 12.5. The summed E-state index contributed by atoms with van der Waals surface area (Å²) in [6.45, 7) is 0.801. The monoisotopic (exact) mass is 283 g/mol. The molecule has 2 aromatic rings. The number of carbonyl (C=O) groups excluding carboxylic acids is 1. The number of nitrogens with zero attached hydrogens (tertiary/aromatic N) is 1. The highest BCUT2D eigenvalue weighted by Crippen LogP contribution is 2.20. The third-order valence-electron chi connectivity index (χ3n) is 3.28. The van der Waals surface area contributed by atoms with Crippen molar-refractivity contribution >= 4 is 17.3 Å². The molecule has 0 heterocycles. The average Bonchev–Trinajstić information content (AvgIpc) is 2.49. The Balaban J connectivity index is 1.97. The summed E-state index contributed by atoms with van der Waals surface area (Å²) in [5.74, 6) is -0.0439. The van der Waals surface area contributed by atoms with E-state index in [1.807, 2.05) is 24.3 Å². The van der Waals surface area contributed by atoms with E-state index in [0.717, 1.165) is 18.7 Å². The summed E-state index contributed by atoms with van der Waals surface area (Å²) in [4.78, 5) is 13.4. The smallest absolute Gasteiger partial charge is 0.253 e. The molecular weight excluding hydrogens is 262 g/mol. The number of nitrogen functional groups attached to an aromatic ring is 1. The van der Waals surface area contributed by atoms with Crippen molar-refractivity contribution in [1.82, 2.24) is 4.90 Å². The number of nitrogens with one attached hydrogen (secondary N) is 1. The van der Waals surface area contributed by atoms with Gasteiger partial charge in [0.25, 0.3) is 5.91 Å². The van der Waals surface area contributed by atoms with Crippen LogP contribution in [0.2, 0.25) is 0 Å². The maximum absolute atomic E-state index is 11.9. The van der Waals surface area contributed by atoms with Gasteiger partial charge in [-0.25, -0.2) is 0 Å². The molecule has 0 fully saturated rings. The Bertz CT molecular complexity index is 609. The second-order valence-electron chi connectivity index (χ2n) is 5.16. The molecule has 0 spiro atoms. The Labute approximate surface area is 125 Å². The maximum atomic E-state index is 11.9. The number of carbonyl (C=O) groups is 1. The summed E-state index contributed by atoms with van der Waals surface area (Å²) in [7, 11) is 3.45. The molecule has 21 heavy (non-hydrogen) atoms. The van der Waals surface area contributed by atoms with Gasteiger partial charge in [-0.15, -0.1) is 0 Å². The molecule has 0 aromatic heterocycles. The first-order valence-electron chi connectivity index (χ1n) is 6.97. The summed E-state index contributed by atoms with van der Waals surface area (Å²) in [6.07, 6.45) is 0.929. The van der Waals surface area contributed by atoms with E-state index in [-0.39, 0.29) is 5.91 Å². The highest BCUT2D eigenvalue weighted by Gasteiger charge is 2.09. The number of anilines is 2. The number of rotatable bonds is 5. The van der Waals surface area contributed by atoms with Crippen molar-refractivity contribution < 1.29 is 4.79 Å². The normalized spacial score (nSPS) is 10.2. The third kappa shape index (κ3) is 3.99. The molecule has 4 heteroatoms. The lowest BCUT2D eigenvalue weighted by Gasteiger charge is -2.13. The van der Waals surface area contributed by atoms with Crippen LogP contribution >= 0.6 is 0 Å². The van der Waals surface area contributed by atoms with Gasteiger partial charge in [-0.2, -0.15) is 0 Å². The minimum absolute atomic E-state index is 0.0439. The van der Waals surface area contributed by atoms with Crippen molar-refractivity contribution in [3.05, 3.63) is 59.7 Å². The van der Waals surface area contributed by atoms with Gasteiger partial charge in [-0.3, -0.25) is 4.79 Å². The van der Waals surface area contributed by atoms with E-state index in [0.29, 0.717) is 11.3 Å². The van der Waals surface area contributed by atoms with Crippen LogP contribution in [0.1, 0.15) is 15.9 Å². The zero-order chi connectivity index (χ0) is 15.2. The first kappa shape index (κ1) is 14.9. The lowest BCUT2D eigenvalue weighted by molar-refractivity contribution is 0.0827. The Hall–Kier alpha value is -2.49. The van der Waals surface area contributed by atoms with Crippen LogP contribution in [0.5, 0.6) is 0 Å². The molecule has 0 aliphatic heterocycles. The fourth-order valence-corrected chi connectivity index (χ4v) is 2.10. The Morgan fingerprint density at radius 3 is 2.48 bits per heavy atom. The van der Waals surface area contributed by atoms with Crippen molar-refractivity contribution in [3.8, 4) is 0 Å². The summed E-state index contributed by atoms with van der Waals surface area (Å²) in [5.41, 5.74) is 9.34. The SMILES string of the molecule is CN(C)C(=O)c1ccc(NCCc2ccccc2)c(N)c1. The van der Waals surface area contributed by atoms with Crippen LogP contribution in [0.25, 0.3) is 0 Å². The first-order valence-corrected chi connectivity index (χ1v) is 6.97. The molecule has 4 nitrogen and oxygen atoms in total. The van der Waals surface area contributed by atoms with Gasteiger partial charge in [0.05, 0.1) is 11.4 Å². The van der Waals surface area contributed by atoms with E-state index < -0.39 is 0 Å². The van der Waals surface area contributed by atoms with Crippen LogP contribution in [0.3, 0.4) is 0 Å². The van der Waals surface area contributed by atoms with Gasteiger partial charge >= 0.3 is 0 Å². The highest BCUT2D eigenvalue weighted by molar-refractivity contribution is 5.95. The summed E-state index contributed by atoms with van der Waals surface area (Å²) in [5, 5.41) is 3.31. The molecule has 2 rings (SSSR count). The quantitative estimate of drug-likeness (QED) is 0.829. The second kappa shape index (κ2) is 6.79. The number of hydrogen-bond donors (Lipinski definition) is 2. The molecule has 0 radical (unpaired) electrons. The lowest BCUT2D eigenvalue weighted by Crippen LogP contribution is -2.21. The van der Waals surface area contributed by atoms with Crippen LogP contribution in [-0.4, -0.2) is 31.4 Å². The molecule has 2 aromatic carbocycles. The van der Waals surface area contributed by atoms with Crippen molar-refractivity contribution in [2.75, 3.05) is 31.7 Å². The summed E-state index contributed by atoms with van der Waals surface area (Å²) in [6, 6.07) is 15.6. The van der Waals surface area contributed by atoms with Gasteiger partial charge in [0, 0.05) is 26.2 Å². The van der Waals surface area contributed by atoms with E-state index in [1.165, 1.54) is 10.5 Å². The largest absolute Gasteiger partial charge is 0.397 e. The van der Waals surface area contributed by atoms with Crippen molar-refractivity contribution in [1.29, 1.82) is 0 Å². The molecule has 3 N–H and O–H groups in total.